The largest absolute Gasteiger partial charge is 0.241 e. The van der Waals surface area contributed by atoms with Crippen molar-refractivity contribution in [2.24, 2.45) is 0 Å². The molecule has 1 aromatic carbocycles. The zero-order valence-electron chi connectivity index (χ0n) is 9.00. The van der Waals surface area contributed by atoms with E-state index in [1.807, 2.05) is 26.8 Å². The molecular formula is C12H11N3. The standard InChI is InChI=1S/C12H11N3/c1-7-4-10-9(3)14-6-15-12(10)11(5-13)8(7)2/h4,6H,1-3H3. The smallest absolute Gasteiger partial charge is 0.116 e. The van der Waals surface area contributed by atoms with Gasteiger partial charge in [-0.1, -0.05) is 0 Å². The third-order valence-electron chi connectivity index (χ3n) is 2.76. The normalized spacial score (nSPS) is 10.3. The number of nitrogens with zero attached hydrogens (tertiary/aromatic N) is 3. The van der Waals surface area contributed by atoms with Crippen LogP contribution < -0.4 is 0 Å². The van der Waals surface area contributed by atoms with Gasteiger partial charge >= 0.3 is 0 Å². The van der Waals surface area contributed by atoms with Crippen LogP contribution in [-0.2, 0) is 0 Å². The van der Waals surface area contributed by atoms with Crippen molar-refractivity contribution in [3.05, 3.63) is 34.8 Å². The minimum atomic E-state index is 0.663. The van der Waals surface area contributed by atoms with E-state index in [0.29, 0.717) is 5.56 Å². The molecule has 0 N–H and O–H groups in total. The predicted octanol–water partition coefficient (Wildman–Crippen LogP) is 2.43. The van der Waals surface area contributed by atoms with E-state index in [2.05, 4.69) is 16.0 Å². The number of hydrogen-bond donors (Lipinski definition) is 0. The van der Waals surface area contributed by atoms with Crippen molar-refractivity contribution < 1.29 is 0 Å². The molecule has 0 aliphatic carbocycles. The van der Waals surface area contributed by atoms with Crippen LogP contribution in [0, 0.1) is 32.1 Å². The lowest BCUT2D eigenvalue weighted by atomic mass is 9.99. The van der Waals surface area contributed by atoms with E-state index in [1.165, 1.54) is 6.33 Å². The number of rotatable bonds is 0. The van der Waals surface area contributed by atoms with Crippen molar-refractivity contribution in [1.82, 2.24) is 9.97 Å². The topological polar surface area (TPSA) is 49.6 Å². The molecule has 3 nitrogen and oxygen atoms in total. The third-order valence-corrected chi connectivity index (χ3v) is 2.76. The first kappa shape index (κ1) is 9.60. The molecule has 1 aromatic heterocycles. The molecule has 0 amide bonds. The van der Waals surface area contributed by atoms with Crippen molar-refractivity contribution in [1.29, 1.82) is 5.26 Å². The summed E-state index contributed by atoms with van der Waals surface area (Å²) in [6.45, 7) is 5.88. The summed E-state index contributed by atoms with van der Waals surface area (Å²) in [5.41, 5.74) is 4.45. The molecule has 0 aliphatic heterocycles. The van der Waals surface area contributed by atoms with Gasteiger partial charge in [-0.25, -0.2) is 9.97 Å². The van der Waals surface area contributed by atoms with Crippen LogP contribution in [0.2, 0.25) is 0 Å². The van der Waals surface area contributed by atoms with Crippen molar-refractivity contribution in [2.75, 3.05) is 0 Å². The van der Waals surface area contributed by atoms with E-state index < -0.39 is 0 Å². The first-order valence-electron chi connectivity index (χ1n) is 4.76. The molecule has 0 aliphatic rings. The number of aromatic nitrogens is 2. The number of hydrogen-bond acceptors (Lipinski definition) is 3. The van der Waals surface area contributed by atoms with Gasteiger partial charge in [-0.3, -0.25) is 0 Å². The molecule has 0 saturated heterocycles. The summed E-state index contributed by atoms with van der Waals surface area (Å²) >= 11 is 0. The molecule has 1 heterocycles. The highest BCUT2D eigenvalue weighted by Gasteiger charge is 2.10. The molecule has 0 fully saturated rings. The molecule has 2 aromatic rings. The van der Waals surface area contributed by atoms with E-state index in [-0.39, 0.29) is 0 Å². The van der Waals surface area contributed by atoms with E-state index in [1.54, 1.807) is 0 Å². The summed E-state index contributed by atoms with van der Waals surface area (Å²) in [6, 6.07) is 4.26. The molecule has 0 bridgehead atoms. The monoisotopic (exact) mass is 197 g/mol. The molecule has 0 atom stereocenters. The fourth-order valence-electron chi connectivity index (χ4n) is 1.69. The second-order valence-electron chi connectivity index (χ2n) is 3.66. The number of nitriles is 1. The summed E-state index contributed by atoms with van der Waals surface area (Å²) in [7, 11) is 0. The lowest BCUT2D eigenvalue weighted by Gasteiger charge is -2.07. The molecule has 0 unspecified atom stereocenters. The molecule has 0 saturated carbocycles. The zero-order chi connectivity index (χ0) is 11.0. The Morgan fingerprint density at radius 3 is 2.60 bits per heavy atom. The van der Waals surface area contributed by atoms with Crippen LogP contribution in [0.25, 0.3) is 10.9 Å². The Morgan fingerprint density at radius 2 is 1.93 bits per heavy atom. The van der Waals surface area contributed by atoms with Crippen molar-refractivity contribution in [3.63, 3.8) is 0 Å². The van der Waals surface area contributed by atoms with Gasteiger partial charge in [0.25, 0.3) is 0 Å². The van der Waals surface area contributed by atoms with Gasteiger partial charge in [0, 0.05) is 11.1 Å². The molecule has 2 rings (SSSR count). The van der Waals surface area contributed by atoms with Gasteiger partial charge < -0.3 is 0 Å². The summed E-state index contributed by atoms with van der Waals surface area (Å²) in [6.07, 6.45) is 1.51. The maximum atomic E-state index is 9.12. The van der Waals surface area contributed by atoms with Crippen LogP contribution in [0.3, 0.4) is 0 Å². The SMILES string of the molecule is Cc1cc2c(C)ncnc2c(C#N)c1C. The minimum Gasteiger partial charge on any atom is -0.241 e. The molecular weight excluding hydrogens is 186 g/mol. The molecule has 0 spiro atoms. The zero-order valence-corrected chi connectivity index (χ0v) is 9.00. The summed E-state index contributed by atoms with van der Waals surface area (Å²) in [5.74, 6) is 0. The van der Waals surface area contributed by atoms with Gasteiger partial charge in [0.15, 0.2) is 0 Å². The van der Waals surface area contributed by atoms with E-state index in [4.69, 9.17) is 5.26 Å². The van der Waals surface area contributed by atoms with E-state index >= 15 is 0 Å². The van der Waals surface area contributed by atoms with Gasteiger partial charge in [-0.2, -0.15) is 5.26 Å². The highest BCUT2D eigenvalue weighted by Crippen LogP contribution is 2.24. The van der Waals surface area contributed by atoms with Gasteiger partial charge in [0.2, 0.25) is 0 Å². The Labute approximate surface area is 88.4 Å². The fourth-order valence-corrected chi connectivity index (χ4v) is 1.69. The van der Waals surface area contributed by atoms with E-state index in [0.717, 1.165) is 27.7 Å². The van der Waals surface area contributed by atoms with Gasteiger partial charge in [-0.15, -0.1) is 0 Å². The molecule has 0 radical (unpaired) electrons. The number of aryl methyl sites for hydroxylation is 2. The number of benzene rings is 1. The number of fused-ring (bicyclic) bond motifs is 1. The molecule has 15 heavy (non-hydrogen) atoms. The molecule has 74 valence electrons. The van der Waals surface area contributed by atoms with E-state index in [9.17, 15) is 0 Å². The van der Waals surface area contributed by atoms with Gasteiger partial charge in [0.1, 0.15) is 12.4 Å². The van der Waals surface area contributed by atoms with Crippen LogP contribution in [-0.4, -0.2) is 9.97 Å². The summed E-state index contributed by atoms with van der Waals surface area (Å²) in [5, 5.41) is 10.1. The Hall–Kier alpha value is -1.95. The fraction of sp³-hybridized carbons (Fsp3) is 0.250. The first-order valence-corrected chi connectivity index (χ1v) is 4.76. The average molecular weight is 197 g/mol. The summed E-state index contributed by atoms with van der Waals surface area (Å²) < 4.78 is 0. The Balaban J connectivity index is 3.03. The van der Waals surface area contributed by atoms with Crippen LogP contribution in [0.5, 0.6) is 0 Å². The van der Waals surface area contributed by atoms with Gasteiger partial charge in [-0.05, 0) is 38.0 Å². The predicted molar refractivity (Wildman–Crippen MR) is 58.5 cm³/mol. The lowest BCUT2D eigenvalue weighted by Crippen LogP contribution is -1.95. The quantitative estimate of drug-likeness (QED) is 0.651. The third kappa shape index (κ3) is 1.35. The maximum Gasteiger partial charge on any atom is 0.116 e. The molecule has 3 heteroatoms. The second kappa shape index (κ2) is 3.32. The Kier molecular flexibility index (Phi) is 2.12. The van der Waals surface area contributed by atoms with Crippen molar-refractivity contribution in [2.45, 2.75) is 20.8 Å². The van der Waals surface area contributed by atoms with Crippen LogP contribution in [0.4, 0.5) is 0 Å². The highest BCUT2D eigenvalue weighted by molar-refractivity contribution is 5.87. The van der Waals surface area contributed by atoms with Gasteiger partial charge in [0.05, 0.1) is 11.1 Å². The van der Waals surface area contributed by atoms with Crippen molar-refractivity contribution in [3.8, 4) is 6.07 Å². The van der Waals surface area contributed by atoms with Crippen LogP contribution >= 0.6 is 0 Å². The first-order chi connectivity index (χ1) is 7.15. The van der Waals surface area contributed by atoms with Crippen molar-refractivity contribution >= 4 is 10.9 Å². The highest BCUT2D eigenvalue weighted by atomic mass is 14.8. The Morgan fingerprint density at radius 1 is 1.20 bits per heavy atom. The summed E-state index contributed by atoms with van der Waals surface area (Å²) in [4.78, 5) is 8.31. The average Bonchev–Trinajstić information content (AvgIpc) is 2.22. The van der Waals surface area contributed by atoms with Crippen LogP contribution in [0.15, 0.2) is 12.4 Å². The maximum absolute atomic E-state index is 9.12. The second-order valence-corrected chi connectivity index (χ2v) is 3.66. The van der Waals surface area contributed by atoms with Crippen LogP contribution in [0.1, 0.15) is 22.4 Å². The minimum absolute atomic E-state index is 0.663. The lowest BCUT2D eigenvalue weighted by molar-refractivity contribution is 1.14. The Bertz CT molecular complexity index is 579.